The van der Waals surface area contributed by atoms with Crippen molar-refractivity contribution in [3.05, 3.63) is 124 Å². The Morgan fingerprint density at radius 3 is 2.04 bits per heavy atom. The molecule has 0 spiro atoms. The van der Waals surface area contributed by atoms with E-state index in [1.165, 1.54) is 56.7 Å². The third kappa shape index (κ3) is 15.2. The van der Waals surface area contributed by atoms with Crippen LogP contribution in [0.4, 0.5) is 20.1 Å². The molecule has 3 aromatic carbocycles. The molecule has 4 fully saturated rings. The number of anilines is 1. The molecule has 102 heavy (non-hydrogen) atoms. The summed E-state index contributed by atoms with van der Waals surface area (Å²) in [6.45, 7) is 18.1. The zero-order valence-electron chi connectivity index (χ0n) is 60.6. The van der Waals surface area contributed by atoms with Gasteiger partial charge >= 0.3 is 36.2 Å². The number of aliphatic hydroxyl groups is 3. The lowest BCUT2D eigenvalue weighted by Gasteiger charge is -2.67. The fourth-order valence-corrected chi connectivity index (χ4v) is 16.2. The van der Waals surface area contributed by atoms with Gasteiger partial charge in [-0.05, 0) is 139 Å². The number of hydrogen-bond acceptors (Lipinski definition) is 21. The summed E-state index contributed by atoms with van der Waals surface area (Å²) in [5, 5.41) is 49.7. The molecule has 1 saturated heterocycles. The number of rotatable bonds is 21. The van der Waals surface area contributed by atoms with E-state index in [0.717, 1.165) is 12.6 Å². The first-order chi connectivity index (χ1) is 47.9. The zero-order chi connectivity index (χ0) is 74.3. The van der Waals surface area contributed by atoms with Crippen molar-refractivity contribution in [3.63, 3.8) is 0 Å². The van der Waals surface area contributed by atoms with Gasteiger partial charge in [0.1, 0.15) is 47.8 Å². The maximum Gasteiger partial charge on any atom is 0.410 e. The lowest BCUT2D eigenvalue weighted by molar-refractivity contribution is -0.346. The molecule has 0 radical (unpaired) electrons. The maximum atomic E-state index is 15.5. The number of nitrogens with two attached hydrogens (primary N) is 1. The highest BCUT2D eigenvalue weighted by molar-refractivity contribution is 6.01. The summed E-state index contributed by atoms with van der Waals surface area (Å²) in [4.78, 5) is 129. The lowest BCUT2D eigenvalue weighted by atomic mass is 9.44. The molecule has 2 heterocycles. The number of nitrogens with zero attached hydrogens (tertiary/aromatic N) is 4. The van der Waals surface area contributed by atoms with Gasteiger partial charge in [0.25, 0.3) is 5.91 Å². The molecule has 4 aromatic rings. The van der Waals surface area contributed by atoms with Gasteiger partial charge in [-0.2, -0.15) is 5.10 Å². The highest BCUT2D eigenvalue weighted by Gasteiger charge is 2.78. The number of nitrogens with one attached hydrogen (secondary N) is 2. The Labute approximate surface area is 594 Å². The fourth-order valence-electron chi connectivity index (χ4n) is 16.2. The molecule has 1 aromatic heterocycles. The number of alkyl carbamates (subject to hydrolysis) is 1. The van der Waals surface area contributed by atoms with Gasteiger partial charge in [0.15, 0.2) is 17.2 Å². The molecule has 5 aliphatic carbocycles. The lowest BCUT2D eigenvalue weighted by Crippen LogP contribution is -2.81. The number of unbranched alkanes of at least 4 members (excludes halogenated alkanes) is 3. The second kappa shape index (κ2) is 29.6. The van der Waals surface area contributed by atoms with Crippen LogP contribution in [-0.2, 0) is 54.0 Å². The van der Waals surface area contributed by atoms with Gasteiger partial charge in [-0.15, -0.1) is 0 Å². The molecule has 7 N–H and O–H groups in total. The van der Waals surface area contributed by atoms with E-state index >= 15 is 9.59 Å². The predicted molar refractivity (Wildman–Crippen MR) is 371 cm³/mol. The van der Waals surface area contributed by atoms with Crippen LogP contribution >= 0.6 is 0 Å². The molecule has 4 amide bonds. The van der Waals surface area contributed by atoms with Crippen LogP contribution in [0.25, 0.3) is 5.69 Å². The largest absolute Gasteiger partial charge is 0.455 e. The Bertz CT molecular complexity index is 3900. The molecule has 26 heteroatoms. The van der Waals surface area contributed by atoms with Crippen LogP contribution < -0.4 is 16.4 Å². The third-order valence-electron chi connectivity index (χ3n) is 21.7. The minimum atomic E-state index is -2.48. The summed E-state index contributed by atoms with van der Waals surface area (Å²) in [7, 11) is 3.14. The molecular weight excluding hydrogens is 1310 g/mol. The number of esters is 3. The zero-order valence-corrected chi connectivity index (χ0v) is 60.6. The smallest absolute Gasteiger partial charge is 0.410 e. The van der Waals surface area contributed by atoms with E-state index in [2.05, 4.69) is 24.5 Å². The quantitative estimate of drug-likeness (QED) is 0.0196. The summed E-state index contributed by atoms with van der Waals surface area (Å²) in [5.74, 6) is -6.12. The molecule has 552 valence electrons. The summed E-state index contributed by atoms with van der Waals surface area (Å²) in [5.41, 5.74) is 0.449. The van der Waals surface area contributed by atoms with Crippen molar-refractivity contribution < 1.29 is 91.6 Å². The fraction of sp³-hybridized carbons (Fsp3) is 0.579. The SMILES string of the molecule is CC(=O)O[C@@]12CO[C@@H]1C[C@H](O)[C@@]1(C)C(=O)[C@H](O)C3=C(C)[C@@H](OC(=O)[C@H](OC(=O)N(C)CCCCCCN(C)C(=O)OC4CCC(Nc5cc(-n6nc(C)c7c6CC(C)(C)CC7=O)ccc5C(N)=O)CC4)[C@@H](NC(=O)OC(C)(C)C)c4ccccc4)C[C@@](O)([C@@H](OC(=O)c4ccccc4)[C@H]21)C3(C)C. The van der Waals surface area contributed by atoms with E-state index in [4.69, 9.17) is 44.0 Å². The van der Waals surface area contributed by atoms with Gasteiger partial charge < -0.3 is 74.6 Å². The van der Waals surface area contributed by atoms with Crippen molar-refractivity contribution in [2.24, 2.45) is 27.9 Å². The topological polar surface area (TPSA) is 353 Å². The second-order valence-electron chi connectivity index (χ2n) is 31.0. The van der Waals surface area contributed by atoms with E-state index in [1.807, 2.05) is 13.0 Å². The van der Waals surface area contributed by atoms with Crippen molar-refractivity contribution in [2.45, 2.75) is 225 Å². The van der Waals surface area contributed by atoms with Crippen molar-refractivity contribution >= 4 is 59.3 Å². The van der Waals surface area contributed by atoms with Gasteiger partial charge in [-0.25, -0.2) is 28.7 Å². The second-order valence-corrected chi connectivity index (χ2v) is 31.0. The standard InChI is InChI=1S/C76H99N7O19/c1-42-54(40-76(95)64(100-66(90)46-26-20-17-21-27-46)62-74(11,63(88)60(87)58(42)73(76,9)10)55(86)37-56-75(62,41-96-56)101-44(3)84)98-67(91)61(59(45-24-18-16-19-25-45)79-68(92)102-71(4,5)6)99-70(94)82(13)35-23-15-14-22-34-81(12)69(93)97-49-31-28-47(29-32-49)78-51-36-48(30-33-50(51)65(77)89)83-52-38-72(7,8)39-53(85)57(52)43(2)80-83/h16-21,24-27,30,33,36,47,49,54-56,59-62,64,78,86-87,95H,14-15,22-23,28-29,31-32,34-35,37-41H2,1-13H3,(H2,77,89)(H,79,92)/t47?,49?,54-,55-,56+,59-,60+,61+,62-,64-,74+,75-,76+/m0/s1. The first-order valence-corrected chi connectivity index (χ1v) is 35.2. The number of hydrogen-bond donors (Lipinski definition) is 6. The average Bonchev–Trinajstić information content (AvgIpc) is 0.760. The first kappa shape index (κ1) is 75.9. The van der Waals surface area contributed by atoms with Crippen molar-refractivity contribution in [1.82, 2.24) is 24.9 Å². The predicted octanol–water partition coefficient (Wildman–Crippen LogP) is 9.14. The number of aryl methyl sites for hydroxylation is 1. The minimum Gasteiger partial charge on any atom is -0.455 e. The number of carbonyl (C=O) groups is 9. The van der Waals surface area contributed by atoms with E-state index in [1.54, 1.807) is 93.2 Å². The van der Waals surface area contributed by atoms with Crippen LogP contribution in [0.5, 0.6) is 0 Å². The average molecular weight is 1410 g/mol. The number of primary amides is 1. The van der Waals surface area contributed by atoms with Gasteiger partial charge in [-0.3, -0.25) is 19.2 Å². The van der Waals surface area contributed by atoms with Crippen molar-refractivity contribution in [2.75, 3.05) is 39.1 Å². The Morgan fingerprint density at radius 2 is 1.44 bits per heavy atom. The number of ether oxygens (including phenoxy) is 7. The van der Waals surface area contributed by atoms with E-state index in [9.17, 15) is 48.9 Å². The van der Waals surface area contributed by atoms with Gasteiger partial charge in [0.2, 0.25) is 6.10 Å². The summed E-state index contributed by atoms with van der Waals surface area (Å²) < 4.78 is 44.5. The Kier molecular flexibility index (Phi) is 22.0. The number of ketones is 2. The molecule has 26 nitrogen and oxygen atoms in total. The van der Waals surface area contributed by atoms with Crippen molar-refractivity contribution in [3.8, 4) is 5.69 Å². The maximum absolute atomic E-state index is 15.5. The van der Waals surface area contributed by atoms with Gasteiger partial charge in [-0.1, -0.05) is 89.1 Å². The third-order valence-corrected chi connectivity index (χ3v) is 21.7. The summed E-state index contributed by atoms with van der Waals surface area (Å²) >= 11 is 0. The number of benzene rings is 3. The van der Waals surface area contributed by atoms with Crippen LogP contribution in [-0.4, -0.2) is 188 Å². The van der Waals surface area contributed by atoms with Crippen LogP contribution in [0.3, 0.4) is 0 Å². The normalized spacial score (nSPS) is 27.6. The number of carbonyl (C=O) groups excluding carboxylic acids is 9. The molecular formula is C76H99N7O19. The molecule has 0 unspecified atom stereocenters. The Balaban J connectivity index is 0.804. The van der Waals surface area contributed by atoms with Crippen LogP contribution in [0.15, 0.2) is 90.0 Å². The number of Topliss-reactive ketones (excluding diaryl/α,β-unsaturated/α-hetero) is 2. The van der Waals surface area contributed by atoms with E-state index < -0.39 is 131 Å². The number of aromatic nitrogens is 2. The highest BCUT2D eigenvalue weighted by Crippen LogP contribution is 2.64. The molecule has 2 bridgehead atoms. The van der Waals surface area contributed by atoms with E-state index in [0.29, 0.717) is 98.9 Å². The summed E-state index contributed by atoms with van der Waals surface area (Å²) in [6.07, 6.45) is -8.04. The Hall–Kier alpha value is -8.72. The molecule has 11 atom stereocenters. The number of amides is 4. The van der Waals surface area contributed by atoms with Crippen LogP contribution in [0.1, 0.15) is 194 Å². The van der Waals surface area contributed by atoms with Crippen LogP contribution in [0, 0.1) is 29.1 Å². The van der Waals surface area contributed by atoms with Gasteiger partial charge in [0, 0.05) is 70.5 Å². The van der Waals surface area contributed by atoms with Gasteiger partial charge in [0.05, 0.1) is 57.8 Å². The summed E-state index contributed by atoms with van der Waals surface area (Å²) in [6, 6.07) is 19.7. The molecule has 3 saturated carbocycles. The van der Waals surface area contributed by atoms with E-state index in [-0.39, 0.29) is 65.2 Å². The Morgan fingerprint density at radius 1 is 0.814 bits per heavy atom. The molecule has 6 aliphatic rings. The van der Waals surface area contributed by atoms with Crippen molar-refractivity contribution in [1.29, 1.82) is 0 Å². The number of fused-ring (bicyclic) bond motifs is 6. The minimum absolute atomic E-state index is 0.0389. The number of aliphatic hydroxyl groups excluding tert-OH is 2. The van der Waals surface area contributed by atoms with Crippen LogP contribution in [0.2, 0.25) is 0 Å². The first-order valence-electron chi connectivity index (χ1n) is 35.2. The molecule has 10 rings (SSSR count). The monoisotopic (exact) mass is 1410 g/mol. The highest BCUT2D eigenvalue weighted by atomic mass is 16.6. The molecule has 1 aliphatic heterocycles.